The Bertz CT molecular complexity index is 2030. The molecule has 16 atom stereocenters. The zero-order valence-corrected chi connectivity index (χ0v) is 33.5. The van der Waals surface area contributed by atoms with Gasteiger partial charge in [0.2, 0.25) is 0 Å². The Kier molecular flexibility index (Phi) is 9.07. The molecule has 316 valence electrons. The molecule has 1 spiro atoms. The molecule has 2 aromatic rings. The van der Waals surface area contributed by atoms with Gasteiger partial charge in [-0.3, -0.25) is 0 Å². The van der Waals surface area contributed by atoms with E-state index in [2.05, 4.69) is 0 Å². The van der Waals surface area contributed by atoms with Crippen LogP contribution in [0.5, 0.6) is 0 Å². The zero-order chi connectivity index (χ0) is 41.3. The van der Waals surface area contributed by atoms with Crippen molar-refractivity contribution in [3.63, 3.8) is 0 Å². The fourth-order valence-electron chi connectivity index (χ4n) is 13.0. The molecule has 13 heteroatoms. The summed E-state index contributed by atoms with van der Waals surface area (Å²) < 4.78 is 39.5. The van der Waals surface area contributed by atoms with Gasteiger partial charge in [0.15, 0.2) is 0 Å². The van der Waals surface area contributed by atoms with E-state index < -0.39 is 113 Å². The summed E-state index contributed by atoms with van der Waals surface area (Å²) >= 11 is 0. The topological polar surface area (TPSA) is 194 Å². The van der Waals surface area contributed by atoms with E-state index >= 15 is 0 Å². The SMILES string of the molecule is C[C@@H]1[C@@H]2OC3(c4ccccc4)O[C@@H]4[C@@H]5[C@@H]6O[C@]6(CO)[C@@H](O)[C@@]6(O)[C@@H](C[C@H](C)[C@@H]6OC(=O)/C=C\C=C\[C@@H](OC(=O)c6ccccc6)C6CCC(CC6)C[C@@](C)(O)[C@@]42O)[C@]51O3. The van der Waals surface area contributed by atoms with Crippen LogP contribution < -0.4 is 0 Å². The summed E-state index contributed by atoms with van der Waals surface area (Å²) in [5, 5.41) is 63.2. The maximum Gasteiger partial charge on any atom is 0.338 e. The van der Waals surface area contributed by atoms with Crippen molar-refractivity contribution in [1.29, 1.82) is 0 Å². The average molecular weight is 815 g/mol. The van der Waals surface area contributed by atoms with E-state index in [1.807, 2.05) is 38.1 Å². The van der Waals surface area contributed by atoms with E-state index in [-0.39, 0.29) is 24.7 Å². The molecule has 0 amide bonds. The fourth-order valence-corrected chi connectivity index (χ4v) is 13.0. The second kappa shape index (κ2) is 13.5. The lowest BCUT2D eigenvalue weighted by Crippen LogP contribution is -2.89. The van der Waals surface area contributed by atoms with E-state index in [0.29, 0.717) is 36.8 Å². The van der Waals surface area contributed by atoms with Crippen molar-refractivity contribution in [1.82, 2.24) is 0 Å². The van der Waals surface area contributed by atoms with Crippen LogP contribution in [0.15, 0.2) is 85.0 Å². The van der Waals surface area contributed by atoms with Crippen LogP contribution in [0.4, 0.5) is 0 Å². The first-order valence-corrected chi connectivity index (χ1v) is 21.2. The predicted octanol–water partition coefficient (Wildman–Crippen LogP) is 3.45. The second-order valence-electron chi connectivity index (χ2n) is 18.9. The number of fused-ring (bicyclic) bond motifs is 8. The van der Waals surface area contributed by atoms with Gasteiger partial charge < -0.3 is 54.0 Å². The van der Waals surface area contributed by atoms with Gasteiger partial charge in [0.25, 0.3) is 0 Å². The summed E-state index contributed by atoms with van der Waals surface area (Å²) in [5.74, 6) is -6.38. The Labute approximate surface area is 342 Å². The van der Waals surface area contributed by atoms with Crippen molar-refractivity contribution in [3.8, 4) is 0 Å². The van der Waals surface area contributed by atoms with Crippen LogP contribution in [-0.2, 0) is 39.2 Å². The first kappa shape index (κ1) is 39.6. The molecular formula is C46H54O13. The maximum atomic E-state index is 13.7. The third-order valence-corrected chi connectivity index (χ3v) is 15.9. The third kappa shape index (κ3) is 5.35. The molecule has 59 heavy (non-hydrogen) atoms. The van der Waals surface area contributed by atoms with Crippen LogP contribution in [0.3, 0.4) is 0 Å². The number of carbonyl (C=O) groups is 2. The Morgan fingerprint density at radius 3 is 2.24 bits per heavy atom. The molecule has 4 aliphatic carbocycles. The van der Waals surface area contributed by atoms with E-state index in [1.54, 1.807) is 55.5 Å². The highest BCUT2D eigenvalue weighted by molar-refractivity contribution is 5.89. The number of rotatable bonds is 4. The summed E-state index contributed by atoms with van der Waals surface area (Å²) in [6, 6.07) is 17.8. The van der Waals surface area contributed by atoms with Crippen molar-refractivity contribution >= 4 is 11.9 Å². The van der Waals surface area contributed by atoms with Crippen LogP contribution in [0.2, 0.25) is 0 Å². The molecule has 8 fully saturated rings. The van der Waals surface area contributed by atoms with Gasteiger partial charge >= 0.3 is 17.9 Å². The fraction of sp³-hybridized carbons (Fsp3) is 0.609. The maximum absolute atomic E-state index is 13.7. The highest BCUT2D eigenvalue weighted by Gasteiger charge is 2.91. The average Bonchev–Trinajstić information content (AvgIpc) is 3.92. The monoisotopic (exact) mass is 814 g/mol. The number of hydrogen-bond acceptors (Lipinski definition) is 13. The van der Waals surface area contributed by atoms with E-state index in [9.17, 15) is 35.1 Å². The third-order valence-electron chi connectivity index (χ3n) is 15.9. The normalized spacial score (nSPS) is 51.7. The molecule has 10 aliphatic rings. The van der Waals surface area contributed by atoms with Crippen molar-refractivity contribution in [3.05, 3.63) is 96.1 Å². The summed E-state index contributed by atoms with van der Waals surface area (Å²) in [4.78, 5) is 27.0. The summed E-state index contributed by atoms with van der Waals surface area (Å²) in [7, 11) is 0. The quantitative estimate of drug-likeness (QED) is 0.223. The number of epoxide rings is 1. The van der Waals surface area contributed by atoms with Crippen LogP contribution in [0.1, 0.15) is 75.2 Å². The second-order valence-corrected chi connectivity index (χ2v) is 18.9. The minimum absolute atomic E-state index is 0.0352. The number of ether oxygens (including phenoxy) is 6. The smallest absolute Gasteiger partial charge is 0.338 e. The number of aliphatic hydroxyl groups excluding tert-OH is 2. The minimum Gasteiger partial charge on any atom is -0.456 e. The molecule has 6 aliphatic heterocycles. The van der Waals surface area contributed by atoms with E-state index in [0.717, 1.165) is 0 Å². The van der Waals surface area contributed by atoms with Gasteiger partial charge in [-0.05, 0) is 81.4 Å². The van der Waals surface area contributed by atoms with Crippen LogP contribution in [0, 0.1) is 35.5 Å². The van der Waals surface area contributed by atoms with Crippen molar-refractivity contribution in [2.45, 2.75) is 130 Å². The predicted molar refractivity (Wildman–Crippen MR) is 207 cm³/mol. The highest BCUT2D eigenvalue weighted by Crippen LogP contribution is 2.75. The standard InChI is InChI=1S/C46H54O13/c1-25-22-32-43(52)35(25)55-33(48)17-11-10-16-31(54-39(49)29-12-6-4-7-13-29)28-20-18-27(19-21-28)23-41(3,51)45(53)36-26(2)44(32)34(37-42(24-47,56-37)40(43)50)38(45)58-46(57-36,59-44)30-14-8-5-9-15-30/h4-17,25-28,31-32,34-38,40,47,50-53H,18-24H2,1-3H3/b16-10+,17-11-/t25-,26+,27?,28?,31+,32+,34-,35-,36-,37-,38+,40+,41+,42-,43+,44-,45-,46?/m0/s1. The molecule has 13 nitrogen and oxygen atoms in total. The molecule has 2 aromatic carbocycles. The van der Waals surface area contributed by atoms with Crippen molar-refractivity contribution < 1.29 is 63.5 Å². The van der Waals surface area contributed by atoms with Crippen LogP contribution >= 0.6 is 0 Å². The molecule has 6 heterocycles. The first-order valence-electron chi connectivity index (χ1n) is 21.2. The number of carbonyl (C=O) groups excluding carboxylic acids is 2. The lowest BCUT2D eigenvalue weighted by molar-refractivity contribution is -0.595. The van der Waals surface area contributed by atoms with Gasteiger partial charge in [0, 0.05) is 29.4 Å². The Hall–Kier alpha value is -3.50. The van der Waals surface area contributed by atoms with Gasteiger partial charge in [-0.2, -0.15) is 0 Å². The Morgan fingerprint density at radius 2 is 1.54 bits per heavy atom. The van der Waals surface area contributed by atoms with Gasteiger partial charge in [-0.1, -0.05) is 74.5 Å². The van der Waals surface area contributed by atoms with Crippen molar-refractivity contribution in [2.75, 3.05) is 6.61 Å². The zero-order valence-electron chi connectivity index (χ0n) is 33.5. The van der Waals surface area contributed by atoms with Gasteiger partial charge in [0.1, 0.15) is 53.4 Å². The van der Waals surface area contributed by atoms with Crippen LogP contribution in [-0.4, -0.2) is 109 Å². The lowest BCUT2D eigenvalue weighted by Gasteiger charge is -2.74. The first-order chi connectivity index (χ1) is 28.2. The molecule has 10 bridgehead atoms. The largest absolute Gasteiger partial charge is 0.456 e. The molecule has 0 aromatic heterocycles. The highest BCUT2D eigenvalue weighted by atomic mass is 16.9. The molecule has 4 saturated heterocycles. The number of allylic oxidation sites excluding steroid dienone is 2. The summed E-state index contributed by atoms with van der Waals surface area (Å²) in [6.07, 6.45) is 2.22. The van der Waals surface area contributed by atoms with Gasteiger partial charge in [-0.15, -0.1) is 0 Å². The van der Waals surface area contributed by atoms with Crippen LogP contribution in [0.25, 0.3) is 0 Å². The van der Waals surface area contributed by atoms with Crippen molar-refractivity contribution in [2.24, 2.45) is 35.5 Å². The van der Waals surface area contributed by atoms with Gasteiger partial charge in [-0.25, -0.2) is 9.59 Å². The molecule has 1 unspecified atom stereocenters. The molecule has 4 saturated carbocycles. The lowest BCUT2D eigenvalue weighted by atomic mass is 9.49. The number of esters is 2. The Morgan fingerprint density at radius 1 is 0.864 bits per heavy atom. The van der Waals surface area contributed by atoms with Gasteiger partial charge in [0.05, 0.1) is 23.4 Å². The molecule has 12 rings (SSSR count). The minimum atomic E-state index is -2.22. The van der Waals surface area contributed by atoms with E-state index in [1.165, 1.54) is 12.2 Å². The molecule has 5 N–H and O–H groups in total. The number of aliphatic hydroxyl groups is 5. The molecular weight excluding hydrogens is 760 g/mol. The number of benzene rings is 2. The molecule has 0 radical (unpaired) electrons. The summed E-state index contributed by atoms with van der Waals surface area (Å²) in [5.41, 5.74) is -8.37. The van der Waals surface area contributed by atoms with E-state index in [4.69, 9.17) is 28.4 Å². The Balaban J connectivity index is 1.11. The summed E-state index contributed by atoms with van der Waals surface area (Å²) in [6.45, 7) is 4.62. The number of hydrogen-bond donors (Lipinski definition) is 5.